The Bertz CT molecular complexity index is 861. The van der Waals surface area contributed by atoms with E-state index in [1.165, 1.54) is 5.56 Å². The van der Waals surface area contributed by atoms with Crippen molar-refractivity contribution < 1.29 is 9.53 Å². The Balaban J connectivity index is 1.83. The largest absolute Gasteiger partial charge is 0.372 e. The van der Waals surface area contributed by atoms with Crippen molar-refractivity contribution in [1.82, 2.24) is 4.57 Å². The second-order valence-corrected chi connectivity index (χ2v) is 5.48. The summed E-state index contributed by atoms with van der Waals surface area (Å²) < 4.78 is 7.41. The van der Waals surface area contributed by atoms with Gasteiger partial charge in [0.15, 0.2) is 5.78 Å². The first-order valence-corrected chi connectivity index (χ1v) is 7.02. The molecule has 0 atom stereocenters. The van der Waals surface area contributed by atoms with E-state index >= 15 is 0 Å². The van der Waals surface area contributed by atoms with Gasteiger partial charge in [-0.15, -0.1) is 0 Å². The molecule has 21 heavy (non-hydrogen) atoms. The summed E-state index contributed by atoms with van der Waals surface area (Å²) in [6.07, 6.45) is 1.91. The summed E-state index contributed by atoms with van der Waals surface area (Å²) >= 11 is 0. The number of carbonyl (C=O) groups is 1. The molecule has 0 fully saturated rings. The predicted octanol–water partition coefficient (Wildman–Crippen LogP) is 3.44. The summed E-state index contributed by atoms with van der Waals surface area (Å²) in [6.45, 7) is 1.25. The monoisotopic (exact) mass is 277 g/mol. The fourth-order valence-electron chi connectivity index (χ4n) is 2.99. The molecular formula is C18H15NO2. The van der Waals surface area contributed by atoms with Crippen molar-refractivity contribution in [1.29, 1.82) is 0 Å². The van der Waals surface area contributed by atoms with Gasteiger partial charge in [-0.2, -0.15) is 0 Å². The lowest BCUT2D eigenvalue weighted by atomic mass is 9.99. The van der Waals surface area contributed by atoms with Gasteiger partial charge in [-0.3, -0.25) is 4.79 Å². The second kappa shape index (κ2) is 4.57. The number of hydrogen-bond donors (Lipinski definition) is 0. The first-order valence-electron chi connectivity index (χ1n) is 7.02. The summed E-state index contributed by atoms with van der Waals surface area (Å²) in [5, 5.41) is 1.00. The molecule has 4 rings (SSSR count). The van der Waals surface area contributed by atoms with Crippen molar-refractivity contribution in [2.75, 3.05) is 0 Å². The topological polar surface area (TPSA) is 31.2 Å². The second-order valence-electron chi connectivity index (χ2n) is 5.48. The summed E-state index contributed by atoms with van der Waals surface area (Å²) in [7, 11) is 1.97. The number of aryl methyl sites for hydroxylation is 1. The molecule has 2 heterocycles. The highest BCUT2D eigenvalue weighted by Crippen LogP contribution is 2.26. The molecule has 0 radical (unpaired) electrons. The van der Waals surface area contributed by atoms with Gasteiger partial charge < -0.3 is 9.30 Å². The number of aromatic nitrogens is 1. The number of carbonyl (C=O) groups excluding carboxylic acids is 1. The van der Waals surface area contributed by atoms with Gasteiger partial charge >= 0.3 is 0 Å². The zero-order valence-corrected chi connectivity index (χ0v) is 11.8. The van der Waals surface area contributed by atoms with Gasteiger partial charge in [-0.1, -0.05) is 30.3 Å². The minimum atomic E-state index is 0.0708. The number of ketones is 1. The van der Waals surface area contributed by atoms with E-state index in [2.05, 4.69) is 0 Å². The molecule has 2 aromatic carbocycles. The highest BCUT2D eigenvalue weighted by Gasteiger charge is 2.18. The molecule has 3 nitrogen and oxygen atoms in total. The zero-order valence-electron chi connectivity index (χ0n) is 11.8. The molecule has 104 valence electrons. The van der Waals surface area contributed by atoms with Gasteiger partial charge in [0.05, 0.1) is 13.2 Å². The van der Waals surface area contributed by atoms with Crippen LogP contribution in [-0.4, -0.2) is 10.4 Å². The highest BCUT2D eigenvalue weighted by molar-refractivity contribution is 6.16. The van der Waals surface area contributed by atoms with Crippen LogP contribution >= 0.6 is 0 Å². The van der Waals surface area contributed by atoms with Crippen molar-refractivity contribution in [3.8, 4) is 0 Å². The lowest BCUT2D eigenvalue weighted by molar-refractivity contribution is 0.104. The normalized spacial score (nSPS) is 13.6. The molecule has 1 aromatic heterocycles. The number of para-hydroxylation sites is 1. The van der Waals surface area contributed by atoms with E-state index in [4.69, 9.17) is 4.74 Å². The van der Waals surface area contributed by atoms with Gasteiger partial charge in [0, 0.05) is 35.3 Å². The number of ether oxygens (including phenoxy) is 1. The van der Waals surface area contributed by atoms with E-state index in [1.807, 2.05) is 60.3 Å². The van der Waals surface area contributed by atoms with Gasteiger partial charge in [0.25, 0.3) is 0 Å². The van der Waals surface area contributed by atoms with Crippen LogP contribution in [0.5, 0.6) is 0 Å². The van der Waals surface area contributed by atoms with Gasteiger partial charge in [-0.25, -0.2) is 0 Å². The molecule has 1 aliphatic heterocycles. The molecule has 0 bridgehead atoms. The Hall–Kier alpha value is -2.39. The maximum atomic E-state index is 12.8. The molecule has 0 amide bonds. The molecule has 0 unspecified atom stereocenters. The molecule has 0 spiro atoms. The molecule has 3 heteroatoms. The third kappa shape index (κ3) is 1.89. The van der Waals surface area contributed by atoms with Crippen LogP contribution in [0.25, 0.3) is 10.9 Å². The van der Waals surface area contributed by atoms with E-state index in [9.17, 15) is 4.79 Å². The maximum Gasteiger partial charge on any atom is 0.195 e. The van der Waals surface area contributed by atoms with Crippen molar-refractivity contribution in [2.24, 2.45) is 7.05 Å². The van der Waals surface area contributed by atoms with Crippen molar-refractivity contribution in [3.05, 3.63) is 70.9 Å². The van der Waals surface area contributed by atoms with Crippen LogP contribution in [0.4, 0.5) is 0 Å². The van der Waals surface area contributed by atoms with Crippen LogP contribution in [0.2, 0.25) is 0 Å². The van der Waals surface area contributed by atoms with Gasteiger partial charge in [0.1, 0.15) is 0 Å². The third-order valence-electron chi connectivity index (χ3n) is 4.13. The van der Waals surface area contributed by atoms with Crippen molar-refractivity contribution in [3.63, 3.8) is 0 Å². The first-order chi connectivity index (χ1) is 10.2. The Labute approximate surface area is 122 Å². The fraction of sp³-hybridized carbons (Fsp3) is 0.167. The minimum Gasteiger partial charge on any atom is -0.372 e. The number of benzene rings is 2. The molecule has 0 saturated carbocycles. The van der Waals surface area contributed by atoms with Crippen LogP contribution in [-0.2, 0) is 25.0 Å². The van der Waals surface area contributed by atoms with Crippen LogP contribution in [0, 0.1) is 0 Å². The molecule has 3 aromatic rings. The van der Waals surface area contributed by atoms with E-state index in [0.717, 1.165) is 27.6 Å². The van der Waals surface area contributed by atoms with E-state index in [1.54, 1.807) is 0 Å². The number of hydrogen-bond acceptors (Lipinski definition) is 2. The van der Waals surface area contributed by atoms with E-state index < -0.39 is 0 Å². The Morgan fingerprint density at radius 2 is 1.90 bits per heavy atom. The SMILES string of the molecule is Cn1cc(C(=O)c2ccc3c(c2)COC3)c2ccccc21. The van der Waals surface area contributed by atoms with Crippen LogP contribution in [0.15, 0.2) is 48.7 Å². The van der Waals surface area contributed by atoms with Crippen LogP contribution in [0.3, 0.4) is 0 Å². The van der Waals surface area contributed by atoms with Crippen LogP contribution in [0.1, 0.15) is 27.0 Å². The third-order valence-corrected chi connectivity index (χ3v) is 4.13. The fourth-order valence-corrected chi connectivity index (χ4v) is 2.99. The zero-order chi connectivity index (χ0) is 14.4. The average Bonchev–Trinajstić information content (AvgIpc) is 3.11. The summed E-state index contributed by atoms with van der Waals surface area (Å²) in [4.78, 5) is 12.8. The molecular weight excluding hydrogens is 262 g/mol. The molecule has 0 aliphatic carbocycles. The summed E-state index contributed by atoms with van der Waals surface area (Å²) in [6, 6.07) is 13.9. The lowest BCUT2D eigenvalue weighted by Crippen LogP contribution is -2.01. The Morgan fingerprint density at radius 1 is 1.10 bits per heavy atom. The van der Waals surface area contributed by atoms with Crippen LogP contribution < -0.4 is 0 Å². The van der Waals surface area contributed by atoms with Gasteiger partial charge in [0.2, 0.25) is 0 Å². The number of rotatable bonds is 2. The highest BCUT2D eigenvalue weighted by atomic mass is 16.5. The predicted molar refractivity (Wildman–Crippen MR) is 81.3 cm³/mol. The quantitative estimate of drug-likeness (QED) is 0.672. The lowest BCUT2D eigenvalue weighted by Gasteiger charge is -2.02. The minimum absolute atomic E-state index is 0.0708. The standard InChI is InChI=1S/C18H15NO2/c1-19-9-16(15-4-2-3-5-17(15)19)18(20)12-6-7-13-10-21-11-14(13)8-12/h2-9H,10-11H2,1H3. The molecule has 0 N–H and O–H groups in total. The van der Waals surface area contributed by atoms with Crippen molar-refractivity contribution >= 4 is 16.7 Å². The Kier molecular flexibility index (Phi) is 2.69. The smallest absolute Gasteiger partial charge is 0.195 e. The Morgan fingerprint density at radius 3 is 2.81 bits per heavy atom. The van der Waals surface area contributed by atoms with E-state index in [0.29, 0.717) is 13.2 Å². The number of nitrogens with zero attached hydrogens (tertiary/aromatic N) is 1. The maximum absolute atomic E-state index is 12.8. The molecule has 0 saturated heterocycles. The number of fused-ring (bicyclic) bond motifs is 2. The summed E-state index contributed by atoms with van der Waals surface area (Å²) in [5.74, 6) is 0.0708. The van der Waals surface area contributed by atoms with Gasteiger partial charge in [-0.05, 0) is 23.3 Å². The summed E-state index contributed by atoms with van der Waals surface area (Å²) in [5.41, 5.74) is 4.87. The molecule has 1 aliphatic rings. The average molecular weight is 277 g/mol. The van der Waals surface area contributed by atoms with E-state index in [-0.39, 0.29) is 5.78 Å². The first kappa shape index (κ1) is 12.4. The van der Waals surface area contributed by atoms with Crippen molar-refractivity contribution in [2.45, 2.75) is 13.2 Å².